The molecule has 0 saturated carbocycles. The van der Waals surface area contributed by atoms with E-state index in [0.717, 1.165) is 22.3 Å². The Hall–Kier alpha value is -3.62. The first-order valence-electron chi connectivity index (χ1n) is 8.94. The van der Waals surface area contributed by atoms with Crippen LogP contribution in [0.2, 0.25) is 0 Å². The van der Waals surface area contributed by atoms with Gasteiger partial charge in [-0.2, -0.15) is 0 Å². The minimum absolute atomic E-state index is 0.240. The zero-order chi connectivity index (χ0) is 19.8. The molecule has 144 valence electrons. The number of rotatable bonds is 4. The number of allylic oxidation sites excluding steroid dienone is 1. The molecule has 9 nitrogen and oxygen atoms in total. The Morgan fingerprint density at radius 2 is 2.07 bits per heavy atom. The number of nitrogens with zero attached hydrogens (tertiary/aromatic N) is 2. The second kappa shape index (κ2) is 6.84. The van der Waals surface area contributed by atoms with Crippen molar-refractivity contribution in [3.8, 4) is 0 Å². The summed E-state index contributed by atoms with van der Waals surface area (Å²) in [7, 11) is 0. The number of aromatic amines is 2. The number of benzene rings is 1. The molecule has 1 aliphatic rings. The van der Waals surface area contributed by atoms with Crippen LogP contribution in [0, 0.1) is 13.8 Å². The zero-order valence-electron chi connectivity index (χ0n) is 15.8. The van der Waals surface area contributed by atoms with Gasteiger partial charge in [0.05, 0.1) is 35.2 Å². The Bertz CT molecular complexity index is 1110. The third kappa shape index (κ3) is 3.22. The molecule has 0 saturated heterocycles. The largest absolute Gasteiger partial charge is 0.348 e. The number of amides is 3. The third-order valence-corrected chi connectivity index (χ3v) is 4.76. The van der Waals surface area contributed by atoms with Crippen LogP contribution in [0.4, 0.5) is 4.79 Å². The molecule has 0 radical (unpaired) electrons. The van der Waals surface area contributed by atoms with E-state index in [-0.39, 0.29) is 18.5 Å². The molecular formula is C19H21N7O2. The van der Waals surface area contributed by atoms with E-state index in [1.165, 1.54) is 0 Å². The maximum atomic E-state index is 12.9. The Kier molecular flexibility index (Phi) is 4.34. The van der Waals surface area contributed by atoms with Gasteiger partial charge in [0.1, 0.15) is 11.9 Å². The van der Waals surface area contributed by atoms with Gasteiger partial charge in [0.25, 0.3) is 5.91 Å². The quantitative estimate of drug-likeness (QED) is 0.474. The van der Waals surface area contributed by atoms with E-state index in [2.05, 4.69) is 35.9 Å². The van der Waals surface area contributed by atoms with Crippen molar-refractivity contribution in [2.24, 2.45) is 0 Å². The molecule has 1 unspecified atom stereocenters. The summed E-state index contributed by atoms with van der Waals surface area (Å²) in [5, 5.41) is 8.31. The maximum Gasteiger partial charge on any atom is 0.319 e. The van der Waals surface area contributed by atoms with Crippen LogP contribution < -0.4 is 16.0 Å². The highest BCUT2D eigenvalue weighted by Crippen LogP contribution is 2.27. The number of urea groups is 1. The number of carbonyl (C=O) groups excluding carboxylic acids is 2. The molecule has 3 heterocycles. The van der Waals surface area contributed by atoms with Crippen LogP contribution in [0.3, 0.4) is 0 Å². The zero-order valence-corrected chi connectivity index (χ0v) is 15.8. The molecular weight excluding hydrogens is 358 g/mol. The van der Waals surface area contributed by atoms with Crippen LogP contribution in [0.1, 0.15) is 35.7 Å². The van der Waals surface area contributed by atoms with Crippen molar-refractivity contribution in [3.63, 3.8) is 0 Å². The number of H-pyrrole nitrogens is 2. The van der Waals surface area contributed by atoms with Gasteiger partial charge in [0.15, 0.2) is 0 Å². The van der Waals surface area contributed by atoms with Gasteiger partial charge in [-0.05, 0) is 38.5 Å². The van der Waals surface area contributed by atoms with Gasteiger partial charge in [-0.3, -0.25) is 4.79 Å². The lowest BCUT2D eigenvalue weighted by atomic mass is 9.98. The summed E-state index contributed by atoms with van der Waals surface area (Å²) < 4.78 is 0. The van der Waals surface area contributed by atoms with Crippen molar-refractivity contribution in [3.05, 3.63) is 58.6 Å². The van der Waals surface area contributed by atoms with E-state index in [0.29, 0.717) is 22.8 Å². The lowest BCUT2D eigenvalue weighted by molar-refractivity contribution is -0.118. The Balaban J connectivity index is 1.56. The van der Waals surface area contributed by atoms with Crippen LogP contribution in [0.5, 0.6) is 0 Å². The lowest BCUT2D eigenvalue weighted by Gasteiger charge is -2.27. The molecule has 0 bridgehead atoms. The number of fused-ring (bicyclic) bond motifs is 1. The molecule has 2 aromatic heterocycles. The molecule has 0 aliphatic carbocycles. The van der Waals surface area contributed by atoms with Crippen molar-refractivity contribution in [2.75, 3.05) is 0 Å². The van der Waals surface area contributed by atoms with Crippen molar-refractivity contribution < 1.29 is 9.59 Å². The van der Waals surface area contributed by atoms with Crippen LogP contribution in [-0.4, -0.2) is 31.9 Å². The molecule has 3 aromatic rings. The topological polar surface area (TPSA) is 128 Å². The van der Waals surface area contributed by atoms with Gasteiger partial charge in [-0.1, -0.05) is 6.07 Å². The van der Waals surface area contributed by atoms with Gasteiger partial charge >= 0.3 is 6.03 Å². The average molecular weight is 379 g/mol. The van der Waals surface area contributed by atoms with Crippen molar-refractivity contribution in [1.29, 1.82) is 0 Å². The molecule has 28 heavy (non-hydrogen) atoms. The minimum Gasteiger partial charge on any atom is -0.348 e. The average Bonchev–Trinajstić information content (AvgIpc) is 3.24. The predicted molar refractivity (Wildman–Crippen MR) is 103 cm³/mol. The first-order valence-corrected chi connectivity index (χ1v) is 8.94. The second-order valence-electron chi connectivity index (χ2n) is 6.87. The Morgan fingerprint density at radius 3 is 2.82 bits per heavy atom. The number of hydrogen-bond acceptors (Lipinski definition) is 4. The third-order valence-electron chi connectivity index (χ3n) is 4.76. The Morgan fingerprint density at radius 1 is 1.25 bits per heavy atom. The van der Waals surface area contributed by atoms with Gasteiger partial charge in [0, 0.05) is 11.4 Å². The van der Waals surface area contributed by atoms with E-state index in [1.54, 1.807) is 13.3 Å². The summed E-state index contributed by atoms with van der Waals surface area (Å²) in [4.78, 5) is 39.8. The summed E-state index contributed by atoms with van der Waals surface area (Å²) in [6.45, 7) is 5.80. The van der Waals surface area contributed by atoms with Gasteiger partial charge in [-0.15, -0.1) is 0 Å². The van der Waals surface area contributed by atoms with Crippen molar-refractivity contribution >= 4 is 23.0 Å². The number of imidazole rings is 2. The van der Waals surface area contributed by atoms with E-state index in [9.17, 15) is 9.59 Å². The first-order chi connectivity index (χ1) is 13.4. The van der Waals surface area contributed by atoms with Gasteiger partial charge < -0.3 is 25.9 Å². The lowest BCUT2D eigenvalue weighted by Crippen LogP contribution is -2.47. The van der Waals surface area contributed by atoms with Crippen molar-refractivity contribution in [2.45, 2.75) is 33.4 Å². The normalized spacial score (nSPS) is 16.8. The fourth-order valence-electron chi connectivity index (χ4n) is 3.38. The molecule has 0 spiro atoms. The smallest absolute Gasteiger partial charge is 0.319 e. The number of nitrogens with one attached hydrogen (secondary N) is 5. The maximum absolute atomic E-state index is 12.9. The highest BCUT2D eigenvalue weighted by molar-refractivity contribution is 5.98. The SMILES string of the molecule is CC1=C(C(=O)NCc2nc3ccc(C)cc3[nH]2)C(c2nc[nH]c2C)NC(=O)N1. The molecule has 0 fully saturated rings. The van der Waals surface area contributed by atoms with Crippen LogP contribution in [-0.2, 0) is 11.3 Å². The fraction of sp³-hybridized carbons (Fsp3) is 0.263. The summed E-state index contributed by atoms with van der Waals surface area (Å²) in [5.74, 6) is 0.363. The molecule has 1 aliphatic heterocycles. The molecule has 1 aromatic carbocycles. The summed E-state index contributed by atoms with van der Waals surface area (Å²) in [6.07, 6.45) is 1.54. The fourth-order valence-corrected chi connectivity index (χ4v) is 3.38. The van der Waals surface area contributed by atoms with E-state index < -0.39 is 6.04 Å². The standard InChI is InChI=1S/C19H21N7O2/c1-9-4-5-12-13(6-9)25-14(24-12)7-20-18(27)15-10(2)23-19(28)26-17(15)16-11(3)21-8-22-16/h4-6,8,17H,7H2,1-3H3,(H,20,27)(H,21,22)(H,24,25)(H2,23,26,28). The number of carbonyl (C=O) groups is 2. The summed E-state index contributed by atoms with van der Waals surface area (Å²) in [6, 6.07) is 4.95. The monoisotopic (exact) mass is 379 g/mol. The minimum atomic E-state index is -0.627. The second-order valence-corrected chi connectivity index (χ2v) is 6.87. The highest BCUT2D eigenvalue weighted by atomic mass is 16.2. The molecule has 4 rings (SSSR count). The Labute approximate surface area is 161 Å². The molecule has 9 heteroatoms. The highest BCUT2D eigenvalue weighted by Gasteiger charge is 2.33. The number of aromatic nitrogens is 4. The van der Waals surface area contributed by atoms with E-state index in [1.807, 2.05) is 32.0 Å². The molecule has 5 N–H and O–H groups in total. The number of aryl methyl sites for hydroxylation is 2. The van der Waals surface area contributed by atoms with Crippen LogP contribution in [0.15, 0.2) is 35.8 Å². The van der Waals surface area contributed by atoms with E-state index in [4.69, 9.17) is 0 Å². The summed E-state index contributed by atoms with van der Waals surface area (Å²) >= 11 is 0. The van der Waals surface area contributed by atoms with Crippen molar-refractivity contribution in [1.82, 2.24) is 35.9 Å². The molecule has 3 amide bonds. The summed E-state index contributed by atoms with van der Waals surface area (Å²) in [5.41, 5.74) is 5.22. The van der Waals surface area contributed by atoms with Crippen LogP contribution >= 0.6 is 0 Å². The molecule has 1 atom stereocenters. The van der Waals surface area contributed by atoms with Gasteiger partial charge in [0.2, 0.25) is 0 Å². The van der Waals surface area contributed by atoms with Crippen LogP contribution in [0.25, 0.3) is 11.0 Å². The first kappa shape index (κ1) is 17.8. The van der Waals surface area contributed by atoms with E-state index >= 15 is 0 Å². The number of hydrogen-bond donors (Lipinski definition) is 5. The predicted octanol–water partition coefficient (Wildman–Crippen LogP) is 1.85. The van der Waals surface area contributed by atoms with Gasteiger partial charge in [-0.25, -0.2) is 14.8 Å².